The molecule has 0 saturated heterocycles. The first-order valence-corrected chi connectivity index (χ1v) is 9.21. The fraction of sp³-hybridized carbons (Fsp3) is 0.0476. The molecule has 156 valence electrons. The van der Waals surface area contributed by atoms with E-state index in [1.54, 1.807) is 30.5 Å². The Labute approximate surface area is 181 Å². The molecule has 0 fully saturated rings. The molecular weight excluding hydrogens is 410 g/mol. The summed E-state index contributed by atoms with van der Waals surface area (Å²) < 4.78 is 0. The van der Waals surface area contributed by atoms with Gasteiger partial charge >= 0.3 is 5.97 Å². The summed E-state index contributed by atoms with van der Waals surface area (Å²) in [5, 5.41) is 32.9. The third kappa shape index (κ3) is 3.46. The van der Waals surface area contributed by atoms with Crippen molar-refractivity contribution in [1.82, 2.24) is 15.3 Å². The zero-order chi connectivity index (χ0) is 22.8. The zero-order valence-corrected chi connectivity index (χ0v) is 16.4. The van der Waals surface area contributed by atoms with Gasteiger partial charge in [-0.1, -0.05) is 24.3 Å². The third-order valence-electron chi connectivity index (χ3n) is 4.89. The fourth-order valence-electron chi connectivity index (χ4n) is 3.38. The maximum absolute atomic E-state index is 11.2. The second-order valence-electron chi connectivity index (χ2n) is 6.76. The molecule has 11 heteroatoms. The summed E-state index contributed by atoms with van der Waals surface area (Å²) in [5.41, 5.74) is 14.8. The van der Waals surface area contributed by atoms with E-state index in [0.29, 0.717) is 22.4 Å². The number of aliphatic imine (C=N–C) groups is 1. The Morgan fingerprint density at radius 3 is 2.59 bits per heavy atom. The van der Waals surface area contributed by atoms with Crippen LogP contribution in [-0.4, -0.2) is 27.0 Å². The van der Waals surface area contributed by atoms with Crippen LogP contribution in [0.2, 0.25) is 0 Å². The standard InChI is InChI=1S/C21H15N9O2/c22-8-13-16(24)15-17(28-21(27-9-23)30-19(15)29-18(13)25)11-3-1-10(2-4-11)14-7-12(20(31)32)5-6-26-14/h1-7,17H,(H,31,32)(H6,24,25,27,28,29,30). The molecule has 1 aliphatic heterocycles. The summed E-state index contributed by atoms with van der Waals surface area (Å²) in [6, 6.07) is 11.3. The van der Waals surface area contributed by atoms with Gasteiger partial charge in [0.2, 0.25) is 5.96 Å². The highest BCUT2D eigenvalue weighted by Crippen LogP contribution is 2.40. The Bertz CT molecular complexity index is 1350. The van der Waals surface area contributed by atoms with Gasteiger partial charge in [0, 0.05) is 17.3 Å². The number of nitriles is 2. The van der Waals surface area contributed by atoms with Crippen molar-refractivity contribution in [2.24, 2.45) is 4.99 Å². The van der Waals surface area contributed by atoms with Crippen LogP contribution in [0.25, 0.3) is 11.3 Å². The Morgan fingerprint density at radius 2 is 1.94 bits per heavy atom. The summed E-state index contributed by atoms with van der Waals surface area (Å²) in [6.07, 6.45) is 3.23. The molecule has 2 aromatic heterocycles. The molecule has 4 rings (SSSR count). The van der Waals surface area contributed by atoms with Crippen LogP contribution in [0, 0.1) is 22.8 Å². The number of aromatic carboxylic acids is 1. The third-order valence-corrected chi connectivity index (χ3v) is 4.89. The lowest BCUT2D eigenvalue weighted by Gasteiger charge is -2.26. The van der Waals surface area contributed by atoms with Gasteiger partial charge in [-0.2, -0.15) is 10.5 Å². The van der Waals surface area contributed by atoms with E-state index >= 15 is 0 Å². The summed E-state index contributed by atoms with van der Waals surface area (Å²) in [5.74, 6) is -0.635. The Kier molecular flexibility index (Phi) is 4.99. The number of carboxylic acids is 1. The van der Waals surface area contributed by atoms with Gasteiger partial charge in [0.15, 0.2) is 6.19 Å². The van der Waals surface area contributed by atoms with Gasteiger partial charge in [-0.05, 0) is 17.7 Å². The first-order chi connectivity index (χ1) is 15.4. The number of nitrogens with zero attached hydrogens (tertiary/aromatic N) is 5. The van der Waals surface area contributed by atoms with E-state index in [9.17, 15) is 15.2 Å². The molecule has 1 aliphatic rings. The van der Waals surface area contributed by atoms with Crippen molar-refractivity contribution >= 4 is 29.3 Å². The molecule has 1 atom stereocenters. The number of carbonyl (C=O) groups is 1. The first kappa shape index (κ1) is 20.1. The average Bonchev–Trinajstić information content (AvgIpc) is 2.79. The van der Waals surface area contributed by atoms with E-state index in [1.807, 2.05) is 6.07 Å². The van der Waals surface area contributed by atoms with Crippen LogP contribution in [0.1, 0.15) is 33.1 Å². The maximum atomic E-state index is 11.2. The maximum Gasteiger partial charge on any atom is 0.335 e. The molecule has 32 heavy (non-hydrogen) atoms. The number of nitrogen functional groups attached to an aromatic ring is 2. The van der Waals surface area contributed by atoms with Crippen molar-refractivity contribution in [3.05, 3.63) is 64.8 Å². The van der Waals surface area contributed by atoms with E-state index in [1.165, 1.54) is 18.3 Å². The van der Waals surface area contributed by atoms with Crippen molar-refractivity contribution in [1.29, 1.82) is 10.5 Å². The number of carboxylic acid groups (broad SMARTS) is 1. The largest absolute Gasteiger partial charge is 0.478 e. The Balaban J connectivity index is 1.79. The van der Waals surface area contributed by atoms with Gasteiger partial charge < -0.3 is 21.9 Å². The first-order valence-electron chi connectivity index (χ1n) is 9.21. The normalized spacial score (nSPS) is 14.2. The van der Waals surface area contributed by atoms with E-state index in [4.69, 9.17) is 16.7 Å². The van der Waals surface area contributed by atoms with Crippen LogP contribution in [0.3, 0.4) is 0 Å². The van der Waals surface area contributed by atoms with Crippen molar-refractivity contribution in [2.45, 2.75) is 6.04 Å². The molecule has 0 aliphatic carbocycles. The van der Waals surface area contributed by atoms with E-state index in [-0.39, 0.29) is 34.4 Å². The number of guanidine groups is 1. The van der Waals surface area contributed by atoms with Gasteiger partial charge in [0.1, 0.15) is 29.3 Å². The monoisotopic (exact) mass is 425 g/mol. The van der Waals surface area contributed by atoms with Gasteiger partial charge in [0.25, 0.3) is 0 Å². The lowest BCUT2D eigenvalue weighted by atomic mass is 9.94. The number of rotatable bonds is 3. The zero-order valence-electron chi connectivity index (χ0n) is 16.4. The summed E-state index contributed by atoms with van der Waals surface area (Å²) >= 11 is 0. The quantitative estimate of drug-likeness (QED) is 0.304. The molecular formula is C21H15N9O2. The summed E-state index contributed by atoms with van der Waals surface area (Å²) in [4.78, 5) is 24.2. The fourth-order valence-corrected chi connectivity index (χ4v) is 3.38. The summed E-state index contributed by atoms with van der Waals surface area (Å²) in [7, 11) is 0. The van der Waals surface area contributed by atoms with Crippen LogP contribution in [0.5, 0.6) is 0 Å². The number of benzene rings is 1. The summed E-state index contributed by atoms with van der Waals surface area (Å²) in [6.45, 7) is 0. The molecule has 7 N–H and O–H groups in total. The lowest BCUT2D eigenvalue weighted by molar-refractivity contribution is 0.0697. The number of nitrogens with two attached hydrogens (primary N) is 2. The molecule has 3 aromatic rings. The smallest absolute Gasteiger partial charge is 0.335 e. The van der Waals surface area contributed by atoms with E-state index in [0.717, 1.165) is 0 Å². The average molecular weight is 425 g/mol. The molecule has 11 nitrogen and oxygen atoms in total. The highest BCUT2D eigenvalue weighted by molar-refractivity contribution is 5.98. The second kappa shape index (κ2) is 7.93. The van der Waals surface area contributed by atoms with Crippen molar-refractivity contribution in [3.8, 4) is 23.5 Å². The Morgan fingerprint density at radius 1 is 1.19 bits per heavy atom. The van der Waals surface area contributed by atoms with Gasteiger partial charge in [-0.25, -0.2) is 14.8 Å². The molecule has 0 bridgehead atoms. The van der Waals surface area contributed by atoms with Crippen molar-refractivity contribution < 1.29 is 9.90 Å². The highest BCUT2D eigenvalue weighted by atomic mass is 16.4. The molecule has 0 amide bonds. The predicted octanol–water partition coefficient (Wildman–Crippen LogP) is 1.82. The van der Waals surface area contributed by atoms with Crippen molar-refractivity contribution in [2.75, 3.05) is 16.8 Å². The molecule has 3 heterocycles. The van der Waals surface area contributed by atoms with Crippen LogP contribution in [0.15, 0.2) is 47.6 Å². The topological polar surface area (TPSA) is 199 Å². The minimum absolute atomic E-state index is 0.0343. The molecule has 1 unspecified atom stereocenters. The van der Waals surface area contributed by atoms with Gasteiger partial charge in [-0.3, -0.25) is 10.3 Å². The predicted molar refractivity (Wildman–Crippen MR) is 116 cm³/mol. The lowest BCUT2D eigenvalue weighted by Crippen LogP contribution is -2.32. The number of hydrogen-bond acceptors (Lipinski definition) is 10. The van der Waals surface area contributed by atoms with Crippen LogP contribution >= 0.6 is 0 Å². The SMILES string of the molecule is N#CNC1=NC(c2ccc(-c3cc(C(=O)O)ccn3)cc2)c2c(nc(N)c(C#N)c2N)N1. The highest BCUT2D eigenvalue weighted by Gasteiger charge is 2.29. The second-order valence-corrected chi connectivity index (χ2v) is 6.76. The van der Waals surface area contributed by atoms with Crippen molar-refractivity contribution in [3.63, 3.8) is 0 Å². The number of aromatic nitrogens is 2. The van der Waals surface area contributed by atoms with Gasteiger partial charge in [-0.15, -0.1) is 0 Å². The number of pyridine rings is 2. The van der Waals surface area contributed by atoms with Crippen LogP contribution in [-0.2, 0) is 0 Å². The minimum atomic E-state index is -1.04. The Hall–Kier alpha value is -5.16. The van der Waals surface area contributed by atoms with Crippen LogP contribution in [0.4, 0.5) is 17.3 Å². The van der Waals surface area contributed by atoms with E-state index in [2.05, 4.69) is 25.6 Å². The number of anilines is 3. The molecule has 0 saturated carbocycles. The van der Waals surface area contributed by atoms with Gasteiger partial charge in [0.05, 0.1) is 16.9 Å². The van der Waals surface area contributed by atoms with Crippen LogP contribution < -0.4 is 22.1 Å². The molecule has 0 spiro atoms. The number of nitrogens with one attached hydrogen (secondary N) is 2. The molecule has 1 aromatic carbocycles. The molecule has 0 radical (unpaired) electrons. The minimum Gasteiger partial charge on any atom is -0.478 e. The number of fused-ring (bicyclic) bond motifs is 1. The van der Waals surface area contributed by atoms with E-state index < -0.39 is 12.0 Å². The number of hydrogen-bond donors (Lipinski definition) is 5.